The van der Waals surface area contributed by atoms with Crippen molar-refractivity contribution in [2.75, 3.05) is 31.1 Å². The van der Waals surface area contributed by atoms with Gasteiger partial charge >= 0.3 is 0 Å². The molecule has 3 aromatic rings. The van der Waals surface area contributed by atoms with Crippen LogP contribution in [0.25, 0.3) is 5.65 Å². The molecule has 7 heteroatoms. The molecule has 2 saturated heterocycles. The molecule has 2 N–H and O–H groups in total. The fourth-order valence-electron chi connectivity index (χ4n) is 4.97. The van der Waals surface area contributed by atoms with Gasteiger partial charge in [0, 0.05) is 62.4 Å². The lowest BCUT2D eigenvalue weighted by molar-refractivity contribution is 0.0474. The van der Waals surface area contributed by atoms with Crippen LogP contribution in [0.3, 0.4) is 0 Å². The summed E-state index contributed by atoms with van der Waals surface area (Å²) >= 11 is 0. The molecular weight excluding hydrogens is 414 g/mol. The van der Waals surface area contributed by atoms with Crippen molar-refractivity contribution in [2.24, 2.45) is 0 Å². The van der Waals surface area contributed by atoms with E-state index in [0.29, 0.717) is 18.2 Å². The van der Waals surface area contributed by atoms with E-state index in [4.69, 9.17) is 4.98 Å². The number of benzene rings is 1. The molecule has 1 amide bonds. The number of hydrogen-bond donors (Lipinski definition) is 2. The molecule has 2 fully saturated rings. The molecule has 33 heavy (non-hydrogen) atoms. The monoisotopic (exact) mass is 447 g/mol. The van der Waals surface area contributed by atoms with Crippen molar-refractivity contribution in [1.29, 1.82) is 0 Å². The summed E-state index contributed by atoms with van der Waals surface area (Å²) in [5.41, 5.74) is 5.16. The van der Waals surface area contributed by atoms with Gasteiger partial charge in [0.05, 0.1) is 11.8 Å². The Labute approximate surface area is 195 Å². The molecule has 4 heterocycles. The number of β-amino-alcohol motifs (C(OH)–C–C–N with tert-alkyl or cyclic N) is 1. The predicted octanol–water partition coefficient (Wildman–Crippen LogP) is 3.00. The van der Waals surface area contributed by atoms with E-state index in [1.807, 2.05) is 12.1 Å². The van der Waals surface area contributed by atoms with Crippen LogP contribution in [0.1, 0.15) is 47.3 Å². The van der Waals surface area contributed by atoms with E-state index < -0.39 is 6.10 Å². The van der Waals surface area contributed by atoms with Crippen LogP contribution >= 0.6 is 0 Å². The van der Waals surface area contributed by atoms with Crippen LogP contribution < -0.4 is 10.2 Å². The van der Waals surface area contributed by atoms with E-state index in [0.717, 1.165) is 63.2 Å². The van der Waals surface area contributed by atoms with Crippen molar-refractivity contribution >= 4 is 17.2 Å². The van der Waals surface area contributed by atoms with Crippen LogP contribution in [0.2, 0.25) is 0 Å². The Kier molecular flexibility index (Phi) is 6.33. The summed E-state index contributed by atoms with van der Waals surface area (Å²) in [6, 6.07) is 12.6. The maximum Gasteiger partial charge on any atom is 0.253 e. The Morgan fingerprint density at radius 1 is 1.06 bits per heavy atom. The van der Waals surface area contributed by atoms with Crippen molar-refractivity contribution in [1.82, 2.24) is 19.6 Å². The van der Waals surface area contributed by atoms with E-state index in [2.05, 4.69) is 58.2 Å². The van der Waals surface area contributed by atoms with Crippen molar-refractivity contribution < 1.29 is 9.90 Å². The highest BCUT2D eigenvalue weighted by atomic mass is 16.3. The molecule has 5 rings (SSSR count). The van der Waals surface area contributed by atoms with Crippen LogP contribution in [-0.2, 0) is 6.54 Å². The summed E-state index contributed by atoms with van der Waals surface area (Å²) in [6.07, 6.45) is 7.64. The van der Waals surface area contributed by atoms with Gasteiger partial charge in [-0.2, -0.15) is 0 Å². The Balaban J connectivity index is 1.12. The Morgan fingerprint density at radius 2 is 1.85 bits per heavy atom. The number of likely N-dealkylation sites (tertiary alicyclic amines) is 1. The number of pyridine rings is 1. The van der Waals surface area contributed by atoms with Gasteiger partial charge in [-0.3, -0.25) is 4.79 Å². The van der Waals surface area contributed by atoms with Gasteiger partial charge in [0.25, 0.3) is 5.91 Å². The molecule has 1 aromatic carbocycles. The van der Waals surface area contributed by atoms with E-state index >= 15 is 0 Å². The Morgan fingerprint density at radius 3 is 2.61 bits per heavy atom. The number of carbonyl (C=O) groups is 1. The van der Waals surface area contributed by atoms with Crippen LogP contribution in [-0.4, -0.2) is 63.6 Å². The van der Waals surface area contributed by atoms with E-state index in [1.165, 1.54) is 11.3 Å². The topological polar surface area (TPSA) is 73.1 Å². The minimum absolute atomic E-state index is 0.0188. The number of aliphatic hydroxyl groups is 1. The number of anilines is 1. The minimum atomic E-state index is -0.395. The van der Waals surface area contributed by atoms with E-state index in [9.17, 15) is 9.90 Å². The van der Waals surface area contributed by atoms with Crippen LogP contribution in [0.15, 0.2) is 48.8 Å². The molecule has 7 nitrogen and oxygen atoms in total. The first-order valence-electron chi connectivity index (χ1n) is 12.0. The van der Waals surface area contributed by atoms with Gasteiger partial charge in [0.1, 0.15) is 5.65 Å². The molecule has 0 bridgehead atoms. The summed E-state index contributed by atoms with van der Waals surface area (Å²) in [5.74, 6) is 0.0188. The fourth-order valence-corrected chi connectivity index (χ4v) is 4.97. The number of imidazole rings is 1. The SMILES string of the molecule is Cc1ccc2nc(CNC3CCN(c4ccc(C(=O)N5CCCC(O)C5)cc4)CC3)cn2c1. The summed E-state index contributed by atoms with van der Waals surface area (Å²) in [6.45, 7) is 6.04. The highest BCUT2D eigenvalue weighted by Gasteiger charge is 2.24. The summed E-state index contributed by atoms with van der Waals surface area (Å²) in [7, 11) is 0. The lowest BCUT2D eigenvalue weighted by atomic mass is 10.0. The second kappa shape index (κ2) is 9.53. The number of aryl methyl sites for hydroxylation is 1. The first-order valence-corrected chi connectivity index (χ1v) is 12.0. The van der Waals surface area contributed by atoms with Crippen LogP contribution in [0.4, 0.5) is 5.69 Å². The number of nitrogens with one attached hydrogen (secondary N) is 1. The summed E-state index contributed by atoms with van der Waals surface area (Å²) in [4.78, 5) is 21.6. The second-order valence-corrected chi connectivity index (χ2v) is 9.44. The molecule has 2 aliphatic heterocycles. The number of piperidine rings is 2. The van der Waals surface area contributed by atoms with Crippen molar-refractivity contribution in [3.63, 3.8) is 0 Å². The van der Waals surface area contributed by atoms with Crippen molar-refractivity contribution in [2.45, 2.75) is 51.3 Å². The highest BCUT2D eigenvalue weighted by molar-refractivity contribution is 5.94. The standard InChI is InChI=1S/C26H33N5O2/c1-19-4-9-25-28-22(17-31(25)16-19)15-27-21-10-13-29(14-11-21)23-7-5-20(6-8-23)26(33)30-12-2-3-24(32)18-30/h4-9,16-17,21,24,27,32H,2-3,10-15,18H2,1H3. The Bertz CT molecular complexity index is 1100. The summed E-state index contributed by atoms with van der Waals surface area (Å²) < 4.78 is 2.09. The molecule has 1 atom stereocenters. The maximum atomic E-state index is 12.7. The fraction of sp³-hybridized carbons (Fsp3) is 0.462. The molecule has 0 spiro atoms. The number of rotatable bonds is 5. The zero-order valence-electron chi connectivity index (χ0n) is 19.3. The number of nitrogens with zero attached hydrogens (tertiary/aromatic N) is 4. The third-order valence-electron chi connectivity index (χ3n) is 6.88. The largest absolute Gasteiger partial charge is 0.391 e. The zero-order valence-corrected chi connectivity index (χ0v) is 19.3. The number of hydrogen-bond acceptors (Lipinski definition) is 5. The molecule has 0 aliphatic carbocycles. The van der Waals surface area contributed by atoms with Crippen molar-refractivity contribution in [3.8, 4) is 0 Å². The summed E-state index contributed by atoms with van der Waals surface area (Å²) in [5, 5.41) is 13.5. The zero-order chi connectivity index (χ0) is 22.8. The lowest BCUT2D eigenvalue weighted by Gasteiger charge is -2.34. The highest BCUT2D eigenvalue weighted by Crippen LogP contribution is 2.22. The molecule has 0 saturated carbocycles. The molecule has 174 valence electrons. The average molecular weight is 448 g/mol. The van der Waals surface area contributed by atoms with Gasteiger partial charge in [-0.15, -0.1) is 0 Å². The molecular formula is C26H33N5O2. The van der Waals surface area contributed by atoms with Gasteiger partial charge in [-0.05, 0) is 68.5 Å². The minimum Gasteiger partial charge on any atom is -0.391 e. The third kappa shape index (κ3) is 5.04. The van der Waals surface area contributed by atoms with Gasteiger partial charge in [0.2, 0.25) is 0 Å². The van der Waals surface area contributed by atoms with Crippen molar-refractivity contribution in [3.05, 3.63) is 65.6 Å². The number of aliphatic hydroxyl groups excluding tert-OH is 1. The van der Waals surface area contributed by atoms with Gasteiger partial charge in [-0.1, -0.05) is 6.07 Å². The third-order valence-corrected chi connectivity index (χ3v) is 6.88. The van der Waals surface area contributed by atoms with Crippen LogP contribution in [0, 0.1) is 6.92 Å². The molecule has 2 aromatic heterocycles. The quantitative estimate of drug-likeness (QED) is 0.629. The van der Waals surface area contributed by atoms with Gasteiger partial charge < -0.3 is 24.6 Å². The van der Waals surface area contributed by atoms with Gasteiger partial charge in [0.15, 0.2) is 0 Å². The maximum absolute atomic E-state index is 12.7. The molecule has 2 aliphatic rings. The molecule has 1 unspecified atom stereocenters. The first-order chi connectivity index (χ1) is 16.0. The number of aromatic nitrogens is 2. The number of amides is 1. The normalized spacial score (nSPS) is 19.9. The van der Waals surface area contributed by atoms with Gasteiger partial charge in [-0.25, -0.2) is 4.98 Å². The number of fused-ring (bicyclic) bond motifs is 1. The van der Waals surface area contributed by atoms with E-state index in [1.54, 1.807) is 4.90 Å². The first kappa shape index (κ1) is 21.9. The van der Waals surface area contributed by atoms with E-state index in [-0.39, 0.29) is 5.91 Å². The smallest absolute Gasteiger partial charge is 0.253 e. The second-order valence-electron chi connectivity index (χ2n) is 9.44. The number of carbonyl (C=O) groups excluding carboxylic acids is 1. The Hall–Kier alpha value is -2.90. The predicted molar refractivity (Wildman–Crippen MR) is 130 cm³/mol. The average Bonchev–Trinajstić information content (AvgIpc) is 3.25. The van der Waals surface area contributed by atoms with Crippen LogP contribution in [0.5, 0.6) is 0 Å². The molecule has 0 radical (unpaired) electrons. The lowest BCUT2D eigenvalue weighted by Crippen LogP contribution is -2.42.